The van der Waals surface area contributed by atoms with Crippen LogP contribution in [0, 0.1) is 0 Å². The molecule has 116 valence electrons. The molecule has 0 bridgehead atoms. The molecule has 0 radical (unpaired) electrons. The molecule has 3 N–H and O–H groups in total. The number of nitrogens with two attached hydrogens (primary N) is 1. The molecule has 0 spiro atoms. The Labute approximate surface area is 127 Å². The van der Waals surface area contributed by atoms with Crippen LogP contribution in [0.25, 0.3) is 0 Å². The summed E-state index contributed by atoms with van der Waals surface area (Å²) in [6.07, 6.45) is 4.69. The second-order valence-electron chi connectivity index (χ2n) is 5.89. The van der Waals surface area contributed by atoms with Gasteiger partial charge >= 0.3 is 0 Å². The maximum atomic E-state index is 11.8. The van der Waals surface area contributed by atoms with Gasteiger partial charge in [-0.05, 0) is 44.3 Å². The van der Waals surface area contributed by atoms with Crippen molar-refractivity contribution in [2.75, 3.05) is 26.2 Å². The van der Waals surface area contributed by atoms with Crippen LogP contribution in [0.15, 0.2) is 30.3 Å². The highest BCUT2D eigenvalue weighted by Crippen LogP contribution is 2.07. The first-order valence-corrected chi connectivity index (χ1v) is 8.02. The van der Waals surface area contributed by atoms with Crippen molar-refractivity contribution in [1.29, 1.82) is 0 Å². The van der Waals surface area contributed by atoms with Crippen LogP contribution in [0.5, 0.6) is 0 Å². The molecular formula is C17H27N3O. The summed E-state index contributed by atoms with van der Waals surface area (Å²) in [7, 11) is 0. The van der Waals surface area contributed by atoms with Gasteiger partial charge in [-0.3, -0.25) is 4.79 Å². The van der Waals surface area contributed by atoms with E-state index in [0.717, 1.165) is 25.9 Å². The molecule has 1 atom stereocenters. The quantitative estimate of drug-likeness (QED) is 0.763. The summed E-state index contributed by atoms with van der Waals surface area (Å²) >= 11 is 0. The number of hydrogen-bond acceptors (Lipinski definition) is 3. The smallest absolute Gasteiger partial charge is 0.220 e. The van der Waals surface area contributed by atoms with Crippen LogP contribution >= 0.6 is 0 Å². The SMILES string of the molecule is NC(CCC(=O)NCCN1CCCC1)Cc1ccccc1. The molecule has 0 aromatic heterocycles. The Morgan fingerprint density at radius 1 is 1.24 bits per heavy atom. The summed E-state index contributed by atoms with van der Waals surface area (Å²) in [6, 6.07) is 10.3. The molecule has 1 unspecified atom stereocenters. The Morgan fingerprint density at radius 3 is 2.67 bits per heavy atom. The molecule has 1 aromatic carbocycles. The van der Waals surface area contributed by atoms with Gasteiger partial charge in [0.25, 0.3) is 0 Å². The van der Waals surface area contributed by atoms with Gasteiger partial charge in [0.2, 0.25) is 5.91 Å². The molecule has 1 aliphatic heterocycles. The largest absolute Gasteiger partial charge is 0.355 e. The van der Waals surface area contributed by atoms with E-state index in [1.165, 1.54) is 31.5 Å². The van der Waals surface area contributed by atoms with E-state index < -0.39 is 0 Å². The van der Waals surface area contributed by atoms with E-state index in [1.54, 1.807) is 0 Å². The van der Waals surface area contributed by atoms with Crippen LogP contribution in [-0.2, 0) is 11.2 Å². The molecule has 1 heterocycles. The third kappa shape index (κ3) is 6.27. The number of nitrogens with one attached hydrogen (secondary N) is 1. The number of benzene rings is 1. The first-order valence-electron chi connectivity index (χ1n) is 8.02. The zero-order valence-corrected chi connectivity index (χ0v) is 12.8. The molecule has 0 aliphatic carbocycles. The maximum absolute atomic E-state index is 11.8. The number of nitrogens with zero attached hydrogens (tertiary/aromatic N) is 1. The van der Waals surface area contributed by atoms with Gasteiger partial charge in [0, 0.05) is 25.6 Å². The molecule has 0 saturated carbocycles. The Hall–Kier alpha value is -1.39. The first-order chi connectivity index (χ1) is 10.2. The minimum atomic E-state index is 0.0525. The van der Waals surface area contributed by atoms with Gasteiger partial charge in [0.05, 0.1) is 0 Å². The minimum absolute atomic E-state index is 0.0525. The Kier molecular flexibility index (Phi) is 6.70. The number of carbonyl (C=O) groups is 1. The number of hydrogen-bond donors (Lipinski definition) is 2. The summed E-state index contributed by atoms with van der Waals surface area (Å²) < 4.78 is 0. The monoisotopic (exact) mass is 289 g/mol. The topological polar surface area (TPSA) is 58.4 Å². The lowest BCUT2D eigenvalue weighted by atomic mass is 10.0. The standard InChI is InChI=1S/C17H27N3O/c18-16(14-15-6-2-1-3-7-15)8-9-17(21)19-10-13-20-11-4-5-12-20/h1-3,6-7,16H,4-5,8-14,18H2,(H,19,21). The molecular weight excluding hydrogens is 262 g/mol. The molecule has 4 nitrogen and oxygen atoms in total. The molecule has 1 saturated heterocycles. The molecule has 1 fully saturated rings. The fraction of sp³-hybridized carbons (Fsp3) is 0.588. The Morgan fingerprint density at radius 2 is 1.95 bits per heavy atom. The van der Waals surface area contributed by atoms with Crippen LogP contribution in [0.3, 0.4) is 0 Å². The zero-order chi connectivity index (χ0) is 14.9. The van der Waals surface area contributed by atoms with E-state index in [9.17, 15) is 4.79 Å². The van der Waals surface area contributed by atoms with Crippen molar-refractivity contribution in [1.82, 2.24) is 10.2 Å². The molecule has 1 aliphatic rings. The zero-order valence-electron chi connectivity index (χ0n) is 12.8. The van der Waals surface area contributed by atoms with Gasteiger partial charge in [0.15, 0.2) is 0 Å². The summed E-state index contributed by atoms with van der Waals surface area (Å²) in [5.41, 5.74) is 7.33. The van der Waals surface area contributed by atoms with Crippen LogP contribution < -0.4 is 11.1 Å². The van der Waals surface area contributed by atoms with Crippen LogP contribution in [0.1, 0.15) is 31.2 Å². The van der Waals surface area contributed by atoms with Crippen LogP contribution in [0.4, 0.5) is 0 Å². The Balaban J connectivity index is 1.55. The highest BCUT2D eigenvalue weighted by Gasteiger charge is 2.11. The van der Waals surface area contributed by atoms with E-state index in [1.807, 2.05) is 18.2 Å². The predicted octanol–water partition coefficient (Wildman–Crippen LogP) is 1.55. The van der Waals surface area contributed by atoms with Crippen LogP contribution in [0.2, 0.25) is 0 Å². The fourth-order valence-electron chi connectivity index (χ4n) is 2.78. The third-order valence-corrected chi connectivity index (χ3v) is 4.03. The molecule has 1 amide bonds. The number of likely N-dealkylation sites (tertiary alicyclic amines) is 1. The van der Waals surface area contributed by atoms with Crippen molar-refractivity contribution in [2.24, 2.45) is 5.73 Å². The summed E-state index contributed by atoms with van der Waals surface area (Å²) in [5, 5.41) is 2.99. The van der Waals surface area contributed by atoms with Crippen LogP contribution in [-0.4, -0.2) is 43.0 Å². The summed E-state index contributed by atoms with van der Waals surface area (Å²) in [6.45, 7) is 4.09. The van der Waals surface area contributed by atoms with Gasteiger partial charge in [-0.15, -0.1) is 0 Å². The lowest BCUT2D eigenvalue weighted by Gasteiger charge is -2.15. The van der Waals surface area contributed by atoms with Crippen molar-refractivity contribution in [3.63, 3.8) is 0 Å². The fourth-order valence-corrected chi connectivity index (χ4v) is 2.78. The second-order valence-corrected chi connectivity index (χ2v) is 5.89. The van der Waals surface area contributed by atoms with Crippen molar-refractivity contribution in [2.45, 2.75) is 38.1 Å². The average Bonchev–Trinajstić information content (AvgIpc) is 2.99. The van der Waals surface area contributed by atoms with E-state index >= 15 is 0 Å². The van der Waals surface area contributed by atoms with Crippen molar-refractivity contribution >= 4 is 5.91 Å². The lowest BCUT2D eigenvalue weighted by Crippen LogP contribution is -2.34. The van der Waals surface area contributed by atoms with Crippen molar-refractivity contribution in [3.8, 4) is 0 Å². The van der Waals surface area contributed by atoms with Gasteiger partial charge in [0.1, 0.15) is 0 Å². The van der Waals surface area contributed by atoms with E-state index in [-0.39, 0.29) is 11.9 Å². The maximum Gasteiger partial charge on any atom is 0.220 e. The molecule has 4 heteroatoms. The average molecular weight is 289 g/mol. The first kappa shape index (κ1) is 16.0. The van der Waals surface area contributed by atoms with Gasteiger partial charge in [-0.1, -0.05) is 30.3 Å². The number of amides is 1. The molecule has 2 rings (SSSR count). The summed E-state index contributed by atoms with van der Waals surface area (Å²) in [4.78, 5) is 14.2. The van der Waals surface area contributed by atoms with Gasteiger partial charge in [-0.2, -0.15) is 0 Å². The highest BCUT2D eigenvalue weighted by molar-refractivity contribution is 5.75. The number of carbonyl (C=O) groups excluding carboxylic acids is 1. The normalized spacial score (nSPS) is 16.8. The molecule has 21 heavy (non-hydrogen) atoms. The lowest BCUT2D eigenvalue weighted by molar-refractivity contribution is -0.121. The van der Waals surface area contributed by atoms with E-state index in [4.69, 9.17) is 5.73 Å². The molecule has 1 aromatic rings. The van der Waals surface area contributed by atoms with Crippen molar-refractivity contribution in [3.05, 3.63) is 35.9 Å². The van der Waals surface area contributed by atoms with E-state index in [2.05, 4.69) is 22.3 Å². The Bertz CT molecular complexity index is 415. The summed E-state index contributed by atoms with van der Waals surface area (Å²) in [5.74, 6) is 0.123. The highest BCUT2D eigenvalue weighted by atomic mass is 16.1. The second kappa shape index (κ2) is 8.80. The third-order valence-electron chi connectivity index (χ3n) is 4.03. The van der Waals surface area contributed by atoms with E-state index in [0.29, 0.717) is 6.42 Å². The van der Waals surface area contributed by atoms with Gasteiger partial charge in [-0.25, -0.2) is 0 Å². The van der Waals surface area contributed by atoms with Crippen molar-refractivity contribution < 1.29 is 4.79 Å². The number of rotatable bonds is 8. The minimum Gasteiger partial charge on any atom is -0.355 e. The predicted molar refractivity (Wildman–Crippen MR) is 86.0 cm³/mol. The van der Waals surface area contributed by atoms with Gasteiger partial charge < -0.3 is 16.0 Å².